The summed E-state index contributed by atoms with van der Waals surface area (Å²) in [6, 6.07) is 0. The van der Waals surface area contributed by atoms with E-state index in [0.29, 0.717) is 31.6 Å². The fraction of sp³-hybridized carbons (Fsp3) is 0.760. The molecular formula is C25H38O5. The largest absolute Gasteiger partial charge is 0.353 e. The first-order chi connectivity index (χ1) is 14.5. The van der Waals surface area contributed by atoms with E-state index < -0.39 is 5.79 Å². The molecule has 0 bridgehead atoms. The van der Waals surface area contributed by atoms with E-state index in [9.17, 15) is 4.79 Å². The van der Waals surface area contributed by atoms with Crippen molar-refractivity contribution < 1.29 is 23.7 Å². The fourth-order valence-electron chi connectivity index (χ4n) is 4.97. The Bertz CT molecular complexity index is 655. The van der Waals surface area contributed by atoms with Crippen LogP contribution in [0.1, 0.15) is 78.1 Å². The lowest BCUT2D eigenvalue weighted by molar-refractivity contribution is -0.158. The van der Waals surface area contributed by atoms with Crippen LogP contribution in [-0.4, -0.2) is 44.3 Å². The summed E-state index contributed by atoms with van der Waals surface area (Å²) in [6.45, 7) is 10.0. The van der Waals surface area contributed by atoms with Crippen molar-refractivity contribution in [2.75, 3.05) is 26.4 Å². The van der Waals surface area contributed by atoms with Gasteiger partial charge in [-0.25, -0.2) is 0 Å². The second-order valence-electron chi connectivity index (χ2n) is 9.16. The highest BCUT2D eigenvalue weighted by Gasteiger charge is 2.40. The topological polar surface area (TPSA) is 54.0 Å². The quantitative estimate of drug-likeness (QED) is 0.291. The number of allylic oxidation sites excluding steroid dienone is 1. The summed E-state index contributed by atoms with van der Waals surface area (Å²) in [5.74, 6) is -0.474. The van der Waals surface area contributed by atoms with Crippen LogP contribution in [0.5, 0.6) is 0 Å². The molecule has 0 aromatic carbocycles. The Labute approximate surface area is 181 Å². The molecule has 0 radical (unpaired) electrons. The van der Waals surface area contributed by atoms with Gasteiger partial charge in [0.15, 0.2) is 17.9 Å². The third-order valence-corrected chi connectivity index (χ3v) is 6.50. The number of Topliss-reactive ketones (excluding diaryl/α,β-unsaturated/α-hetero) is 1. The molecule has 0 amide bonds. The number of carbonyl (C=O) groups is 1. The molecule has 0 N–H and O–H groups in total. The van der Waals surface area contributed by atoms with Gasteiger partial charge in [-0.1, -0.05) is 25.3 Å². The second-order valence-corrected chi connectivity index (χ2v) is 9.16. The zero-order chi connectivity index (χ0) is 21.5. The van der Waals surface area contributed by atoms with E-state index in [2.05, 4.69) is 12.3 Å². The first kappa shape index (κ1) is 23.4. The van der Waals surface area contributed by atoms with Crippen molar-refractivity contribution in [3.8, 4) is 0 Å². The normalized spacial score (nSPS) is 25.3. The third-order valence-electron chi connectivity index (χ3n) is 6.50. The number of ketones is 1. The maximum absolute atomic E-state index is 13.8. The minimum atomic E-state index is -0.637. The van der Waals surface area contributed by atoms with Gasteiger partial charge in [-0.3, -0.25) is 4.79 Å². The van der Waals surface area contributed by atoms with Crippen LogP contribution in [0.15, 0.2) is 29.5 Å². The summed E-state index contributed by atoms with van der Waals surface area (Å²) in [7, 11) is 0. The van der Waals surface area contributed by atoms with Crippen molar-refractivity contribution in [3.05, 3.63) is 29.5 Å². The molecule has 3 aliphatic rings. The molecule has 0 aromatic heterocycles. The van der Waals surface area contributed by atoms with Gasteiger partial charge in [0.05, 0.1) is 25.4 Å². The van der Waals surface area contributed by atoms with Gasteiger partial charge in [-0.05, 0) is 57.9 Å². The van der Waals surface area contributed by atoms with Crippen LogP contribution in [0.4, 0.5) is 0 Å². The Kier molecular flexibility index (Phi) is 8.50. The van der Waals surface area contributed by atoms with Gasteiger partial charge in [0.1, 0.15) is 0 Å². The predicted molar refractivity (Wildman–Crippen MR) is 116 cm³/mol. The maximum Gasteiger partial charge on any atom is 0.175 e. The number of carbonyl (C=O) groups excluding carboxylic acids is 1. The molecule has 2 heterocycles. The van der Waals surface area contributed by atoms with Crippen molar-refractivity contribution in [1.82, 2.24) is 0 Å². The molecule has 168 valence electrons. The molecule has 30 heavy (non-hydrogen) atoms. The summed E-state index contributed by atoms with van der Waals surface area (Å²) in [5, 5.41) is 0. The standard InChI is InChI=1S/C25H38O5/c1-4-11-25(12-7-5-8-13-25)23(26)21(19-28-22-10-6-9-14-27-22)17-20(2)18-24(3)29-15-16-30-24/h4,22H,1,5-16,18-19H2,2-3H3. The SMILES string of the molecule is C=CCC1(C(=O)C(=C=C(C)CC2(C)OCCO2)COC2CCCCO2)CCCCC1. The summed E-state index contributed by atoms with van der Waals surface area (Å²) >= 11 is 0. The highest BCUT2D eigenvalue weighted by atomic mass is 16.7. The van der Waals surface area contributed by atoms with E-state index in [4.69, 9.17) is 18.9 Å². The van der Waals surface area contributed by atoms with E-state index in [0.717, 1.165) is 57.1 Å². The molecular weight excluding hydrogens is 380 g/mol. The molecule has 3 rings (SSSR count). The molecule has 2 aliphatic heterocycles. The van der Waals surface area contributed by atoms with E-state index in [-0.39, 0.29) is 24.1 Å². The van der Waals surface area contributed by atoms with Crippen molar-refractivity contribution in [1.29, 1.82) is 0 Å². The molecule has 0 spiro atoms. The summed E-state index contributed by atoms with van der Waals surface area (Å²) < 4.78 is 23.2. The van der Waals surface area contributed by atoms with Crippen molar-refractivity contribution in [3.63, 3.8) is 0 Å². The van der Waals surface area contributed by atoms with E-state index in [1.165, 1.54) is 6.42 Å². The average Bonchev–Trinajstić information content (AvgIpc) is 3.18. The zero-order valence-electron chi connectivity index (χ0n) is 18.8. The average molecular weight is 419 g/mol. The van der Waals surface area contributed by atoms with Crippen LogP contribution in [0.25, 0.3) is 0 Å². The van der Waals surface area contributed by atoms with Gasteiger partial charge in [-0.15, -0.1) is 12.3 Å². The Morgan fingerprint density at radius 1 is 1.13 bits per heavy atom. The summed E-state index contributed by atoms with van der Waals surface area (Å²) in [6.07, 6.45) is 11.2. The van der Waals surface area contributed by atoms with Gasteiger partial charge in [0.25, 0.3) is 0 Å². The lowest BCUT2D eigenvalue weighted by Gasteiger charge is -2.35. The zero-order valence-corrected chi connectivity index (χ0v) is 18.8. The molecule has 1 atom stereocenters. The van der Waals surface area contributed by atoms with Gasteiger partial charge in [-0.2, -0.15) is 0 Å². The number of ether oxygens (including phenoxy) is 4. The first-order valence-electron chi connectivity index (χ1n) is 11.6. The summed E-state index contributed by atoms with van der Waals surface area (Å²) in [5.41, 5.74) is 4.59. The minimum absolute atomic E-state index is 0.163. The van der Waals surface area contributed by atoms with Crippen molar-refractivity contribution >= 4 is 5.78 Å². The number of rotatable bonds is 9. The van der Waals surface area contributed by atoms with Crippen LogP contribution in [0.2, 0.25) is 0 Å². The highest BCUT2D eigenvalue weighted by molar-refractivity contribution is 6.00. The van der Waals surface area contributed by atoms with Crippen LogP contribution in [-0.2, 0) is 23.7 Å². The van der Waals surface area contributed by atoms with Crippen LogP contribution in [0, 0.1) is 5.41 Å². The predicted octanol–water partition coefficient (Wildman–Crippen LogP) is 5.25. The van der Waals surface area contributed by atoms with Crippen LogP contribution < -0.4 is 0 Å². The number of hydrogen-bond acceptors (Lipinski definition) is 5. The molecule has 5 heteroatoms. The maximum atomic E-state index is 13.8. The van der Waals surface area contributed by atoms with Crippen molar-refractivity contribution in [2.45, 2.75) is 90.1 Å². The molecule has 2 saturated heterocycles. The smallest absolute Gasteiger partial charge is 0.175 e. The highest BCUT2D eigenvalue weighted by Crippen LogP contribution is 2.42. The van der Waals surface area contributed by atoms with Gasteiger partial charge < -0.3 is 18.9 Å². The van der Waals surface area contributed by atoms with Gasteiger partial charge in [0, 0.05) is 18.4 Å². The Morgan fingerprint density at radius 2 is 1.87 bits per heavy atom. The number of hydrogen-bond donors (Lipinski definition) is 0. The van der Waals surface area contributed by atoms with Gasteiger partial charge in [0.2, 0.25) is 0 Å². The van der Waals surface area contributed by atoms with E-state index in [1.807, 2.05) is 19.9 Å². The van der Waals surface area contributed by atoms with E-state index >= 15 is 0 Å². The Morgan fingerprint density at radius 3 is 2.50 bits per heavy atom. The van der Waals surface area contributed by atoms with Crippen LogP contribution in [0.3, 0.4) is 0 Å². The lowest BCUT2D eigenvalue weighted by atomic mass is 9.67. The monoisotopic (exact) mass is 418 g/mol. The Hall–Kier alpha value is -1.23. The third kappa shape index (κ3) is 6.15. The molecule has 5 nitrogen and oxygen atoms in total. The van der Waals surface area contributed by atoms with E-state index in [1.54, 1.807) is 0 Å². The minimum Gasteiger partial charge on any atom is -0.353 e. The van der Waals surface area contributed by atoms with Crippen LogP contribution >= 0.6 is 0 Å². The Balaban J connectivity index is 1.83. The van der Waals surface area contributed by atoms with Crippen molar-refractivity contribution in [2.24, 2.45) is 5.41 Å². The molecule has 3 fully saturated rings. The van der Waals surface area contributed by atoms with Gasteiger partial charge >= 0.3 is 0 Å². The molecule has 1 aliphatic carbocycles. The molecule has 0 aromatic rings. The second kappa shape index (κ2) is 10.9. The first-order valence-corrected chi connectivity index (χ1v) is 11.6. The lowest BCUT2D eigenvalue weighted by Crippen LogP contribution is -2.36. The molecule has 1 saturated carbocycles. The molecule has 1 unspecified atom stereocenters. The fourth-order valence-corrected chi connectivity index (χ4v) is 4.97. The summed E-state index contributed by atoms with van der Waals surface area (Å²) in [4.78, 5) is 13.8.